The number of rotatable bonds is 7. The molecule has 0 fully saturated rings. The number of aromatic amines is 1. The molecule has 1 heterocycles. The average Bonchev–Trinajstić information content (AvgIpc) is 2.59. The number of aromatic nitrogens is 2. The van der Waals surface area contributed by atoms with Gasteiger partial charge < -0.3 is 14.3 Å². The molecule has 0 spiro atoms. The summed E-state index contributed by atoms with van der Waals surface area (Å²) in [5.41, 5.74) is 1.29. The lowest BCUT2D eigenvalue weighted by Crippen LogP contribution is -2.07. The molecule has 1 N–H and O–H groups in total. The molecule has 0 aliphatic heterocycles. The maximum atomic E-state index is 5.53. The van der Waals surface area contributed by atoms with Gasteiger partial charge in [-0.1, -0.05) is 13.8 Å². The maximum Gasteiger partial charge on any atom is 0.177 e. The minimum Gasteiger partial charge on any atom is -0.379 e. The Hall–Kier alpha value is -0.610. The predicted molar refractivity (Wildman–Crippen MR) is 74.0 cm³/mol. The van der Waals surface area contributed by atoms with Gasteiger partial charge in [-0.2, -0.15) is 0 Å². The number of hydrogen-bond donors (Lipinski definition) is 1. The molecule has 0 aliphatic rings. The van der Waals surface area contributed by atoms with E-state index in [1.165, 1.54) is 5.69 Å². The summed E-state index contributed by atoms with van der Waals surface area (Å²) in [6.45, 7) is 10.3. The van der Waals surface area contributed by atoms with E-state index in [2.05, 4.69) is 37.2 Å². The number of unbranched alkanes of at least 4 members (excludes halogenated alkanes) is 1. The molecule has 0 saturated heterocycles. The first-order chi connectivity index (χ1) is 8.02. The van der Waals surface area contributed by atoms with Crippen molar-refractivity contribution in [3.8, 4) is 0 Å². The van der Waals surface area contributed by atoms with Crippen molar-refractivity contribution in [1.29, 1.82) is 0 Å². The molecule has 0 radical (unpaired) electrons. The molecule has 0 atom stereocenters. The molecule has 1 rings (SSSR count). The Morgan fingerprint density at radius 2 is 2.00 bits per heavy atom. The van der Waals surface area contributed by atoms with Crippen LogP contribution in [0.5, 0.6) is 0 Å². The summed E-state index contributed by atoms with van der Waals surface area (Å²) in [5.74, 6) is 0.509. The van der Waals surface area contributed by atoms with E-state index >= 15 is 0 Å². The van der Waals surface area contributed by atoms with Crippen molar-refractivity contribution >= 4 is 12.2 Å². The molecule has 98 valence electrons. The van der Waals surface area contributed by atoms with Gasteiger partial charge in [0.25, 0.3) is 0 Å². The van der Waals surface area contributed by atoms with E-state index in [1.807, 2.05) is 6.20 Å². The van der Waals surface area contributed by atoms with Gasteiger partial charge in [-0.05, 0) is 44.8 Å². The number of hydrogen-bond acceptors (Lipinski definition) is 2. The van der Waals surface area contributed by atoms with E-state index in [1.54, 1.807) is 0 Å². The first-order valence-corrected chi connectivity index (χ1v) is 6.83. The van der Waals surface area contributed by atoms with Crippen LogP contribution in [-0.2, 0) is 11.3 Å². The first-order valence-electron chi connectivity index (χ1n) is 6.42. The van der Waals surface area contributed by atoms with Gasteiger partial charge in [0.2, 0.25) is 0 Å². The summed E-state index contributed by atoms with van der Waals surface area (Å²) in [6.07, 6.45) is 4.55. The Kier molecular flexibility index (Phi) is 5.92. The Balaban J connectivity index is 2.41. The second-order valence-corrected chi connectivity index (χ2v) is 5.34. The lowest BCUT2D eigenvalue weighted by molar-refractivity contribution is 0.0754. The van der Waals surface area contributed by atoms with E-state index in [9.17, 15) is 0 Å². The molecule has 1 aromatic rings. The molecule has 0 unspecified atom stereocenters. The van der Waals surface area contributed by atoms with Crippen LogP contribution in [0.4, 0.5) is 0 Å². The van der Waals surface area contributed by atoms with Gasteiger partial charge in [0.15, 0.2) is 4.77 Å². The first kappa shape index (κ1) is 14.5. The van der Waals surface area contributed by atoms with Crippen molar-refractivity contribution in [2.24, 2.45) is 0 Å². The van der Waals surface area contributed by atoms with Gasteiger partial charge in [-0.15, -0.1) is 0 Å². The second kappa shape index (κ2) is 6.97. The Labute approximate surface area is 109 Å². The summed E-state index contributed by atoms with van der Waals surface area (Å²) in [7, 11) is 0. The lowest BCUT2D eigenvalue weighted by atomic mass is 10.1. The average molecular weight is 256 g/mol. The molecule has 4 heteroatoms. The third-order valence-corrected chi connectivity index (χ3v) is 3.06. The van der Waals surface area contributed by atoms with Crippen LogP contribution in [0.1, 0.15) is 52.1 Å². The number of H-pyrrole nitrogens is 1. The third kappa shape index (κ3) is 4.64. The van der Waals surface area contributed by atoms with Gasteiger partial charge >= 0.3 is 0 Å². The maximum absolute atomic E-state index is 5.53. The molecule has 0 aromatic carbocycles. The van der Waals surface area contributed by atoms with Gasteiger partial charge in [0, 0.05) is 25.0 Å². The predicted octanol–water partition coefficient (Wildman–Crippen LogP) is 3.87. The van der Waals surface area contributed by atoms with Crippen molar-refractivity contribution in [2.75, 3.05) is 6.61 Å². The van der Waals surface area contributed by atoms with Crippen LogP contribution in [0.25, 0.3) is 0 Å². The SMILES string of the molecule is CC(C)OCCCCn1c(C(C)C)c[nH]c1=S. The van der Waals surface area contributed by atoms with E-state index in [-0.39, 0.29) is 0 Å². The summed E-state index contributed by atoms with van der Waals surface area (Å²) in [5, 5.41) is 0. The normalized spacial score (nSPS) is 11.6. The fraction of sp³-hybridized carbons (Fsp3) is 0.769. The number of nitrogens with zero attached hydrogens (tertiary/aromatic N) is 1. The Morgan fingerprint density at radius 1 is 1.29 bits per heavy atom. The summed E-state index contributed by atoms with van der Waals surface area (Å²) < 4.78 is 8.56. The monoisotopic (exact) mass is 256 g/mol. The van der Waals surface area contributed by atoms with Gasteiger partial charge in [-0.3, -0.25) is 0 Å². The van der Waals surface area contributed by atoms with E-state index < -0.39 is 0 Å². The Morgan fingerprint density at radius 3 is 2.59 bits per heavy atom. The van der Waals surface area contributed by atoms with E-state index in [0.29, 0.717) is 12.0 Å². The molecule has 17 heavy (non-hydrogen) atoms. The van der Waals surface area contributed by atoms with Gasteiger partial charge in [0.1, 0.15) is 0 Å². The summed E-state index contributed by atoms with van der Waals surface area (Å²) >= 11 is 5.29. The van der Waals surface area contributed by atoms with Gasteiger partial charge in [-0.25, -0.2) is 0 Å². The van der Waals surface area contributed by atoms with Gasteiger partial charge in [0.05, 0.1) is 6.10 Å². The van der Waals surface area contributed by atoms with Crippen LogP contribution in [-0.4, -0.2) is 22.3 Å². The molecule has 1 aromatic heterocycles. The van der Waals surface area contributed by atoms with Crippen LogP contribution in [0.15, 0.2) is 6.20 Å². The second-order valence-electron chi connectivity index (χ2n) is 4.95. The smallest absolute Gasteiger partial charge is 0.177 e. The molecular weight excluding hydrogens is 232 g/mol. The number of ether oxygens (including phenoxy) is 1. The van der Waals surface area contributed by atoms with Crippen molar-refractivity contribution in [3.05, 3.63) is 16.7 Å². The van der Waals surface area contributed by atoms with Crippen molar-refractivity contribution < 1.29 is 4.74 Å². The molecule has 0 aliphatic carbocycles. The standard InChI is InChI=1S/C13H24N2OS/c1-10(2)12-9-14-13(17)15(12)7-5-6-8-16-11(3)4/h9-11H,5-8H2,1-4H3,(H,14,17). The van der Waals surface area contributed by atoms with Crippen molar-refractivity contribution in [3.63, 3.8) is 0 Å². The molecular formula is C13H24N2OS. The van der Waals surface area contributed by atoms with E-state index in [4.69, 9.17) is 17.0 Å². The van der Waals surface area contributed by atoms with Crippen LogP contribution >= 0.6 is 12.2 Å². The highest BCUT2D eigenvalue weighted by Crippen LogP contribution is 2.15. The lowest BCUT2D eigenvalue weighted by Gasteiger charge is -2.11. The van der Waals surface area contributed by atoms with Crippen LogP contribution in [0.2, 0.25) is 0 Å². The molecule has 3 nitrogen and oxygen atoms in total. The minimum absolute atomic E-state index is 0.329. The highest BCUT2D eigenvalue weighted by Gasteiger charge is 2.07. The highest BCUT2D eigenvalue weighted by atomic mass is 32.1. The Bertz CT molecular complexity index is 379. The van der Waals surface area contributed by atoms with Crippen molar-refractivity contribution in [1.82, 2.24) is 9.55 Å². The zero-order valence-electron chi connectivity index (χ0n) is 11.3. The minimum atomic E-state index is 0.329. The summed E-state index contributed by atoms with van der Waals surface area (Å²) in [4.78, 5) is 3.12. The molecule has 0 amide bonds. The van der Waals surface area contributed by atoms with Crippen LogP contribution < -0.4 is 0 Å². The third-order valence-electron chi connectivity index (χ3n) is 2.72. The van der Waals surface area contributed by atoms with Crippen LogP contribution in [0, 0.1) is 4.77 Å². The quantitative estimate of drug-likeness (QED) is 0.593. The van der Waals surface area contributed by atoms with E-state index in [0.717, 1.165) is 30.8 Å². The number of nitrogens with one attached hydrogen (secondary N) is 1. The molecule has 0 saturated carbocycles. The van der Waals surface area contributed by atoms with Crippen molar-refractivity contribution in [2.45, 2.75) is 59.1 Å². The highest BCUT2D eigenvalue weighted by molar-refractivity contribution is 7.71. The fourth-order valence-electron chi connectivity index (χ4n) is 1.81. The van der Waals surface area contributed by atoms with Crippen LogP contribution in [0.3, 0.4) is 0 Å². The zero-order chi connectivity index (χ0) is 12.8. The zero-order valence-corrected chi connectivity index (χ0v) is 12.1. The largest absolute Gasteiger partial charge is 0.379 e. The fourth-order valence-corrected chi connectivity index (χ4v) is 2.06. The summed E-state index contributed by atoms with van der Waals surface area (Å²) in [6, 6.07) is 0. The molecule has 0 bridgehead atoms. The number of imidazole rings is 1. The topological polar surface area (TPSA) is 29.9 Å².